The maximum atomic E-state index is 12.1. The van der Waals surface area contributed by atoms with E-state index >= 15 is 0 Å². The number of nitrogens with one attached hydrogen (secondary N) is 1. The van der Waals surface area contributed by atoms with Gasteiger partial charge in [-0.25, -0.2) is 5.43 Å². The van der Waals surface area contributed by atoms with Crippen molar-refractivity contribution in [3.63, 3.8) is 0 Å². The Kier molecular flexibility index (Phi) is 8.18. The third-order valence-electron chi connectivity index (χ3n) is 4.41. The van der Waals surface area contributed by atoms with Crippen LogP contribution in [0.5, 0.6) is 11.5 Å². The second-order valence-electron chi connectivity index (χ2n) is 6.82. The lowest BCUT2D eigenvalue weighted by Crippen LogP contribution is -2.17. The summed E-state index contributed by atoms with van der Waals surface area (Å²) < 4.78 is 12.6. The summed E-state index contributed by atoms with van der Waals surface area (Å²) in [6, 6.07) is 15.1. The molecule has 0 bridgehead atoms. The summed E-state index contributed by atoms with van der Waals surface area (Å²) in [6.07, 6.45) is 5.63. The number of hydrogen-bond acceptors (Lipinski definition) is 5. The minimum absolute atomic E-state index is 0.311. The highest BCUT2D eigenvalue weighted by Gasteiger charge is 2.06. The van der Waals surface area contributed by atoms with Crippen LogP contribution in [0.2, 0.25) is 0 Å². The Bertz CT molecular complexity index is 1060. The van der Waals surface area contributed by atoms with Crippen LogP contribution in [0.15, 0.2) is 70.5 Å². The Hall–Kier alpha value is -3.19. The van der Waals surface area contributed by atoms with Crippen LogP contribution >= 0.6 is 15.9 Å². The second-order valence-corrected chi connectivity index (χ2v) is 7.74. The first-order valence-electron chi connectivity index (χ1n) is 9.94. The molecule has 1 N–H and O–H groups in total. The number of benzene rings is 2. The van der Waals surface area contributed by atoms with Crippen LogP contribution in [0.3, 0.4) is 0 Å². The molecule has 7 heteroatoms. The van der Waals surface area contributed by atoms with Gasteiger partial charge in [0.2, 0.25) is 0 Å². The zero-order valence-corrected chi connectivity index (χ0v) is 19.1. The van der Waals surface area contributed by atoms with Gasteiger partial charge in [0.05, 0.1) is 6.21 Å². The number of aryl methyl sites for hydroxylation is 2. The van der Waals surface area contributed by atoms with E-state index in [2.05, 4.69) is 57.4 Å². The molecule has 0 aliphatic rings. The molecule has 1 aromatic heterocycles. The summed E-state index contributed by atoms with van der Waals surface area (Å²) in [7, 11) is 0. The molecule has 0 unspecified atom stereocenters. The van der Waals surface area contributed by atoms with Crippen LogP contribution < -0.4 is 14.9 Å². The maximum Gasteiger partial charge on any atom is 0.271 e. The highest BCUT2D eigenvalue weighted by atomic mass is 79.9. The summed E-state index contributed by atoms with van der Waals surface area (Å²) >= 11 is 3.45. The van der Waals surface area contributed by atoms with E-state index in [1.165, 1.54) is 11.1 Å². The predicted octanol–water partition coefficient (Wildman–Crippen LogP) is 4.94. The summed E-state index contributed by atoms with van der Waals surface area (Å²) in [5, 5.41) is 4.05. The number of halogens is 1. The fourth-order valence-corrected chi connectivity index (χ4v) is 3.28. The van der Waals surface area contributed by atoms with Crippen LogP contribution in [0.4, 0.5) is 0 Å². The molecule has 3 aromatic rings. The van der Waals surface area contributed by atoms with E-state index in [9.17, 15) is 4.79 Å². The number of pyridine rings is 1. The average molecular weight is 482 g/mol. The zero-order chi connectivity index (χ0) is 22.1. The van der Waals surface area contributed by atoms with Crippen molar-refractivity contribution >= 4 is 28.1 Å². The van der Waals surface area contributed by atoms with Gasteiger partial charge in [0.25, 0.3) is 5.91 Å². The Labute approximate surface area is 190 Å². The first kappa shape index (κ1) is 22.5. The molecule has 0 aliphatic carbocycles. The van der Waals surface area contributed by atoms with E-state index < -0.39 is 0 Å². The molecule has 0 spiro atoms. The van der Waals surface area contributed by atoms with Gasteiger partial charge in [-0.2, -0.15) is 5.10 Å². The molecule has 1 heterocycles. The van der Waals surface area contributed by atoms with Gasteiger partial charge in [-0.15, -0.1) is 0 Å². The molecule has 0 fully saturated rings. The summed E-state index contributed by atoms with van der Waals surface area (Å²) in [6.45, 7) is 4.97. The Morgan fingerprint density at radius 3 is 2.65 bits per heavy atom. The highest BCUT2D eigenvalue weighted by molar-refractivity contribution is 9.10. The van der Waals surface area contributed by atoms with Gasteiger partial charge in [-0.1, -0.05) is 28.9 Å². The minimum Gasteiger partial charge on any atom is -0.490 e. The van der Waals surface area contributed by atoms with Crippen molar-refractivity contribution in [3.8, 4) is 11.5 Å². The van der Waals surface area contributed by atoms with E-state index in [0.29, 0.717) is 24.5 Å². The molecule has 0 aliphatic heterocycles. The van der Waals surface area contributed by atoms with Gasteiger partial charge < -0.3 is 9.47 Å². The van der Waals surface area contributed by atoms with Crippen molar-refractivity contribution in [1.29, 1.82) is 0 Å². The molecule has 6 nitrogen and oxygen atoms in total. The molecule has 0 radical (unpaired) electrons. The summed E-state index contributed by atoms with van der Waals surface area (Å²) in [5.74, 6) is 1.18. The third-order valence-corrected chi connectivity index (χ3v) is 4.91. The number of hydrazone groups is 1. The molecule has 0 atom stereocenters. The van der Waals surface area contributed by atoms with Gasteiger partial charge in [0.1, 0.15) is 24.7 Å². The molecule has 0 saturated heterocycles. The van der Waals surface area contributed by atoms with Gasteiger partial charge in [0, 0.05) is 28.0 Å². The lowest BCUT2D eigenvalue weighted by Gasteiger charge is -2.12. The summed E-state index contributed by atoms with van der Waals surface area (Å²) in [4.78, 5) is 16.0. The highest BCUT2D eigenvalue weighted by Crippen LogP contribution is 2.22. The third kappa shape index (κ3) is 6.93. The van der Waals surface area contributed by atoms with Crippen LogP contribution in [-0.4, -0.2) is 30.3 Å². The van der Waals surface area contributed by atoms with Crippen molar-refractivity contribution in [2.24, 2.45) is 5.10 Å². The normalized spacial score (nSPS) is 10.8. The van der Waals surface area contributed by atoms with Crippen LogP contribution in [-0.2, 0) is 6.42 Å². The Morgan fingerprint density at radius 2 is 1.87 bits per heavy atom. The van der Waals surface area contributed by atoms with E-state index in [1.54, 1.807) is 30.7 Å². The molecule has 3 rings (SSSR count). The van der Waals surface area contributed by atoms with Crippen molar-refractivity contribution in [1.82, 2.24) is 10.4 Å². The number of carbonyl (C=O) groups is 1. The number of ether oxygens (including phenoxy) is 2. The molecule has 0 saturated carbocycles. The van der Waals surface area contributed by atoms with Gasteiger partial charge in [-0.05, 0) is 66.9 Å². The number of rotatable bonds is 9. The number of nitrogens with zero attached hydrogens (tertiary/aromatic N) is 2. The first-order valence-corrected chi connectivity index (χ1v) is 10.7. The van der Waals surface area contributed by atoms with Crippen molar-refractivity contribution in [2.75, 3.05) is 13.2 Å². The smallest absolute Gasteiger partial charge is 0.271 e. The van der Waals surface area contributed by atoms with Crippen LogP contribution in [0, 0.1) is 6.92 Å². The number of hydrogen-bond donors (Lipinski definition) is 1. The fraction of sp³-hybridized carbons (Fsp3) is 0.208. The SMILES string of the molecule is CCc1cc(C)cc(OCCOc2ccc(Br)cc2C=NNC(=O)c2ccncc2)c1. The Morgan fingerprint density at radius 1 is 1.10 bits per heavy atom. The minimum atomic E-state index is -0.311. The Balaban J connectivity index is 1.57. The zero-order valence-electron chi connectivity index (χ0n) is 17.5. The van der Waals surface area contributed by atoms with Crippen LogP contribution in [0.1, 0.15) is 34.0 Å². The number of amides is 1. The largest absolute Gasteiger partial charge is 0.490 e. The van der Waals surface area contributed by atoms with E-state index in [1.807, 2.05) is 24.3 Å². The standard InChI is InChI=1S/C24H24BrN3O3/c1-3-18-12-17(2)13-22(14-18)30-10-11-31-23-5-4-21(25)15-20(23)16-27-28-24(29)19-6-8-26-9-7-19/h4-9,12-16H,3,10-11H2,1-2H3,(H,28,29). The van der Waals surface area contributed by atoms with E-state index in [-0.39, 0.29) is 5.91 Å². The van der Waals surface area contributed by atoms with Gasteiger partial charge in [-0.3, -0.25) is 9.78 Å². The van der Waals surface area contributed by atoms with E-state index in [4.69, 9.17) is 9.47 Å². The average Bonchev–Trinajstić information content (AvgIpc) is 2.78. The first-order chi connectivity index (χ1) is 15.0. The van der Waals surface area contributed by atoms with Gasteiger partial charge >= 0.3 is 0 Å². The maximum absolute atomic E-state index is 12.1. The molecular formula is C24H24BrN3O3. The number of carbonyl (C=O) groups excluding carboxylic acids is 1. The topological polar surface area (TPSA) is 72.8 Å². The van der Waals surface area contributed by atoms with Crippen molar-refractivity contribution < 1.29 is 14.3 Å². The van der Waals surface area contributed by atoms with E-state index in [0.717, 1.165) is 22.2 Å². The summed E-state index contributed by atoms with van der Waals surface area (Å²) in [5.41, 5.74) is 6.14. The van der Waals surface area contributed by atoms with Gasteiger partial charge in [0.15, 0.2) is 0 Å². The lowest BCUT2D eigenvalue weighted by molar-refractivity contribution is 0.0955. The fourth-order valence-electron chi connectivity index (χ4n) is 2.90. The second kappa shape index (κ2) is 11.3. The number of aromatic nitrogens is 1. The monoisotopic (exact) mass is 481 g/mol. The lowest BCUT2D eigenvalue weighted by atomic mass is 10.1. The van der Waals surface area contributed by atoms with Crippen molar-refractivity contribution in [3.05, 3.63) is 87.7 Å². The molecular weight excluding hydrogens is 458 g/mol. The van der Waals surface area contributed by atoms with Crippen molar-refractivity contribution in [2.45, 2.75) is 20.3 Å². The quantitative estimate of drug-likeness (QED) is 0.267. The van der Waals surface area contributed by atoms with Crippen LogP contribution in [0.25, 0.3) is 0 Å². The molecule has 1 amide bonds. The molecule has 2 aromatic carbocycles. The predicted molar refractivity (Wildman–Crippen MR) is 125 cm³/mol. The molecule has 160 valence electrons. The molecule has 31 heavy (non-hydrogen) atoms.